The van der Waals surface area contributed by atoms with Crippen LogP contribution in [0.3, 0.4) is 0 Å². The zero-order valence-corrected chi connectivity index (χ0v) is 14.8. The minimum Gasteiger partial charge on any atom is -0.497 e. The van der Waals surface area contributed by atoms with E-state index < -0.39 is 13.4 Å². The van der Waals surface area contributed by atoms with E-state index >= 15 is 0 Å². The van der Waals surface area contributed by atoms with E-state index in [1.165, 1.54) is 14.2 Å². The molecule has 0 saturated carbocycles. The van der Waals surface area contributed by atoms with Crippen molar-refractivity contribution in [3.63, 3.8) is 0 Å². The van der Waals surface area contributed by atoms with Crippen molar-refractivity contribution in [3.8, 4) is 11.5 Å². The van der Waals surface area contributed by atoms with Crippen molar-refractivity contribution in [2.45, 2.75) is 45.7 Å². The summed E-state index contributed by atoms with van der Waals surface area (Å²) in [5.41, 5.74) is 0.298. The quantitative estimate of drug-likeness (QED) is 0.731. The van der Waals surface area contributed by atoms with E-state index in [1.54, 1.807) is 45.9 Å². The normalized spacial score (nSPS) is 13.5. The van der Waals surface area contributed by atoms with E-state index in [0.29, 0.717) is 17.1 Å². The van der Waals surface area contributed by atoms with Gasteiger partial charge in [0, 0.05) is 5.56 Å². The number of aliphatic hydroxyl groups is 1. The van der Waals surface area contributed by atoms with E-state index in [9.17, 15) is 9.67 Å². The van der Waals surface area contributed by atoms with Gasteiger partial charge >= 0.3 is 7.60 Å². The van der Waals surface area contributed by atoms with Gasteiger partial charge in [0.25, 0.3) is 0 Å². The van der Waals surface area contributed by atoms with Crippen LogP contribution in [0.25, 0.3) is 0 Å². The second-order valence-electron chi connectivity index (χ2n) is 5.33. The van der Waals surface area contributed by atoms with Gasteiger partial charge in [-0.3, -0.25) is 4.57 Å². The van der Waals surface area contributed by atoms with Gasteiger partial charge in [-0.25, -0.2) is 0 Å². The third-order valence-electron chi connectivity index (χ3n) is 2.73. The zero-order chi connectivity index (χ0) is 16.9. The fourth-order valence-electron chi connectivity index (χ4n) is 1.94. The Balaban J connectivity index is 3.28. The number of ether oxygens (including phenoxy) is 2. The van der Waals surface area contributed by atoms with Crippen LogP contribution in [0.5, 0.6) is 11.5 Å². The minimum absolute atomic E-state index is 0.298. The molecule has 1 atom stereocenters. The van der Waals surface area contributed by atoms with E-state index in [-0.39, 0.29) is 12.2 Å². The summed E-state index contributed by atoms with van der Waals surface area (Å²) in [5.74, 6) is -0.578. The first-order chi connectivity index (χ1) is 10.2. The van der Waals surface area contributed by atoms with E-state index in [4.69, 9.17) is 18.5 Å². The second kappa shape index (κ2) is 7.97. The third-order valence-corrected chi connectivity index (χ3v) is 5.04. The SMILES string of the molecule is COc1ccc(OC)c([C@H](O)P(=O)(OC(C)C)OC(C)C)c1. The Morgan fingerprint density at radius 2 is 1.55 bits per heavy atom. The molecular weight excluding hydrogens is 307 g/mol. The Kier molecular flexibility index (Phi) is 6.88. The molecule has 0 saturated heterocycles. The molecular formula is C15H25O6P. The van der Waals surface area contributed by atoms with Gasteiger partial charge in [0.15, 0.2) is 5.85 Å². The molecule has 1 rings (SSSR count). The van der Waals surface area contributed by atoms with Crippen molar-refractivity contribution in [3.05, 3.63) is 23.8 Å². The number of aliphatic hydroxyl groups excluding tert-OH is 1. The summed E-state index contributed by atoms with van der Waals surface area (Å²) in [6, 6.07) is 4.88. The van der Waals surface area contributed by atoms with Crippen molar-refractivity contribution < 1.29 is 28.2 Å². The lowest BCUT2D eigenvalue weighted by Crippen LogP contribution is -2.14. The van der Waals surface area contributed by atoms with Gasteiger partial charge in [0.1, 0.15) is 11.5 Å². The molecule has 0 bridgehead atoms. The molecule has 6 nitrogen and oxygen atoms in total. The Morgan fingerprint density at radius 3 is 1.95 bits per heavy atom. The Hall–Kier alpha value is -1.07. The molecule has 1 aromatic rings. The summed E-state index contributed by atoms with van der Waals surface area (Å²) in [6.07, 6.45) is -0.730. The van der Waals surface area contributed by atoms with E-state index in [2.05, 4.69) is 0 Å². The highest BCUT2D eigenvalue weighted by molar-refractivity contribution is 7.54. The fraction of sp³-hybridized carbons (Fsp3) is 0.600. The minimum atomic E-state index is -3.80. The number of benzene rings is 1. The molecule has 126 valence electrons. The molecule has 1 N–H and O–H groups in total. The highest BCUT2D eigenvalue weighted by Gasteiger charge is 2.39. The lowest BCUT2D eigenvalue weighted by molar-refractivity contribution is 0.100. The van der Waals surface area contributed by atoms with Crippen molar-refractivity contribution in [2.24, 2.45) is 0 Å². The summed E-state index contributed by atoms with van der Waals surface area (Å²) >= 11 is 0. The van der Waals surface area contributed by atoms with Gasteiger partial charge in [-0.05, 0) is 45.9 Å². The van der Waals surface area contributed by atoms with Crippen LogP contribution in [-0.2, 0) is 13.6 Å². The average Bonchev–Trinajstić information content (AvgIpc) is 2.43. The summed E-state index contributed by atoms with van der Waals surface area (Å²) in [7, 11) is -0.820. The lowest BCUT2D eigenvalue weighted by atomic mass is 10.2. The smallest absolute Gasteiger partial charge is 0.364 e. The van der Waals surface area contributed by atoms with Gasteiger partial charge < -0.3 is 23.6 Å². The van der Waals surface area contributed by atoms with Crippen LogP contribution >= 0.6 is 7.60 Å². The van der Waals surface area contributed by atoms with Crippen LogP contribution in [0.15, 0.2) is 18.2 Å². The van der Waals surface area contributed by atoms with Crippen molar-refractivity contribution in [2.75, 3.05) is 14.2 Å². The topological polar surface area (TPSA) is 74.2 Å². The molecule has 7 heteroatoms. The summed E-state index contributed by atoms with van der Waals surface area (Å²) in [4.78, 5) is 0. The summed E-state index contributed by atoms with van der Waals surface area (Å²) in [6.45, 7) is 6.91. The Labute approximate surface area is 131 Å². The first-order valence-electron chi connectivity index (χ1n) is 7.10. The van der Waals surface area contributed by atoms with Gasteiger partial charge in [-0.15, -0.1) is 0 Å². The number of methoxy groups -OCH3 is 2. The lowest BCUT2D eigenvalue weighted by Gasteiger charge is -2.27. The predicted octanol–water partition coefficient (Wildman–Crippen LogP) is 3.74. The largest absolute Gasteiger partial charge is 0.497 e. The Morgan fingerprint density at radius 1 is 1.00 bits per heavy atom. The maximum absolute atomic E-state index is 13.0. The molecule has 0 fully saturated rings. The van der Waals surface area contributed by atoms with Gasteiger partial charge in [0.2, 0.25) is 0 Å². The molecule has 22 heavy (non-hydrogen) atoms. The molecule has 0 aliphatic rings. The van der Waals surface area contributed by atoms with Crippen LogP contribution in [-0.4, -0.2) is 31.5 Å². The van der Waals surface area contributed by atoms with Gasteiger partial charge in [0.05, 0.1) is 26.4 Å². The zero-order valence-electron chi connectivity index (χ0n) is 13.9. The number of hydrogen-bond acceptors (Lipinski definition) is 6. The summed E-state index contributed by atoms with van der Waals surface area (Å²) in [5, 5.41) is 10.6. The summed E-state index contributed by atoms with van der Waals surface area (Å²) < 4.78 is 34.2. The third kappa shape index (κ3) is 4.71. The number of rotatable bonds is 8. The van der Waals surface area contributed by atoms with Gasteiger partial charge in [-0.2, -0.15) is 0 Å². The van der Waals surface area contributed by atoms with Crippen molar-refractivity contribution in [1.29, 1.82) is 0 Å². The van der Waals surface area contributed by atoms with Gasteiger partial charge in [-0.1, -0.05) is 0 Å². The van der Waals surface area contributed by atoms with Crippen LogP contribution < -0.4 is 9.47 Å². The molecule has 0 aromatic heterocycles. The highest BCUT2D eigenvalue weighted by Crippen LogP contribution is 2.62. The standard InChI is InChI=1S/C15H25O6P/c1-10(2)20-22(17,21-11(3)4)15(16)13-9-12(18-5)7-8-14(13)19-6/h7-11,15-16H,1-6H3/t15-/m1/s1. The molecule has 0 heterocycles. The second-order valence-corrected chi connectivity index (χ2v) is 7.32. The maximum atomic E-state index is 13.0. The monoisotopic (exact) mass is 332 g/mol. The first-order valence-corrected chi connectivity index (χ1v) is 8.71. The molecule has 0 aliphatic carbocycles. The van der Waals surface area contributed by atoms with E-state index in [0.717, 1.165) is 0 Å². The molecule has 0 spiro atoms. The van der Waals surface area contributed by atoms with Crippen LogP contribution in [0, 0.1) is 0 Å². The first kappa shape index (κ1) is 19.0. The Bertz CT molecular complexity index is 515. The van der Waals surface area contributed by atoms with Crippen LogP contribution in [0.4, 0.5) is 0 Å². The maximum Gasteiger partial charge on any atom is 0.364 e. The van der Waals surface area contributed by atoms with Crippen molar-refractivity contribution >= 4 is 7.60 Å². The average molecular weight is 332 g/mol. The van der Waals surface area contributed by atoms with Crippen molar-refractivity contribution in [1.82, 2.24) is 0 Å². The number of hydrogen-bond donors (Lipinski definition) is 1. The predicted molar refractivity (Wildman–Crippen MR) is 84.6 cm³/mol. The molecule has 0 aliphatic heterocycles. The highest BCUT2D eigenvalue weighted by atomic mass is 31.2. The fourth-order valence-corrected chi connectivity index (χ4v) is 3.94. The van der Waals surface area contributed by atoms with Crippen LogP contribution in [0.1, 0.15) is 39.1 Å². The van der Waals surface area contributed by atoms with Crippen LogP contribution in [0.2, 0.25) is 0 Å². The van der Waals surface area contributed by atoms with E-state index in [1.807, 2.05) is 0 Å². The molecule has 0 unspecified atom stereocenters. The molecule has 0 amide bonds. The molecule has 0 radical (unpaired) electrons. The molecule has 1 aromatic carbocycles.